The molecule has 2 aromatic rings. The van der Waals surface area contributed by atoms with Gasteiger partial charge in [-0.2, -0.15) is 14.6 Å². The monoisotopic (exact) mass is 348 g/mol. The lowest BCUT2D eigenvalue weighted by Gasteiger charge is -2.00. The highest BCUT2D eigenvalue weighted by Crippen LogP contribution is 2.23. The highest BCUT2D eigenvalue weighted by Gasteiger charge is 2.13. The van der Waals surface area contributed by atoms with Crippen molar-refractivity contribution in [1.29, 1.82) is 5.26 Å². The SMILES string of the molecule is CC(C)Sc1nsc(NC(=O)/C(C#N)=C\c2ccc(F)cc2)n1. The molecule has 0 aliphatic carbocycles. The maximum atomic E-state index is 12.9. The standard InChI is InChI=1S/C15H13FN4OS2/c1-9(2)22-15-19-14(23-20-15)18-13(21)11(8-17)7-10-3-5-12(16)6-4-10/h3-7,9H,1-2H3,(H,18,19,20,21)/b11-7-. The highest BCUT2D eigenvalue weighted by molar-refractivity contribution is 7.99. The second-order valence-electron chi connectivity index (χ2n) is 4.72. The van der Waals surface area contributed by atoms with Gasteiger partial charge in [0.15, 0.2) is 0 Å². The van der Waals surface area contributed by atoms with Crippen LogP contribution in [0.5, 0.6) is 0 Å². The molecule has 1 amide bonds. The Morgan fingerprint density at radius 1 is 1.43 bits per heavy atom. The number of benzene rings is 1. The molecule has 1 aromatic carbocycles. The van der Waals surface area contributed by atoms with Crippen molar-refractivity contribution in [2.75, 3.05) is 5.32 Å². The molecule has 1 heterocycles. The average molecular weight is 348 g/mol. The van der Waals surface area contributed by atoms with E-state index in [1.807, 2.05) is 19.9 Å². The maximum absolute atomic E-state index is 12.9. The predicted molar refractivity (Wildman–Crippen MR) is 89.5 cm³/mol. The van der Waals surface area contributed by atoms with Gasteiger partial charge < -0.3 is 0 Å². The summed E-state index contributed by atoms with van der Waals surface area (Å²) >= 11 is 2.54. The molecule has 1 aromatic heterocycles. The van der Waals surface area contributed by atoms with Gasteiger partial charge in [-0.1, -0.05) is 37.7 Å². The Hall–Kier alpha value is -2.24. The normalized spacial score (nSPS) is 11.3. The molecule has 118 valence electrons. The molecule has 0 saturated heterocycles. The van der Waals surface area contributed by atoms with Crippen molar-refractivity contribution in [3.8, 4) is 6.07 Å². The Morgan fingerprint density at radius 3 is 2.74 bits per heavy atom. The molecule has 2 rings (SSSR count). The number of nitrogens with one attached hydrogen (secondary N) is 1. The Labute approximate surface area is 141 Å². The first-order chi connectivity index (χ1) is 11.0. The number of hydrogen-bond donors (Lipinski definition) is 1. The van der Waals surface area contributed by atoms with Crippen LogP contribution in [0.3, 0.4) is 0 Å². The summed E-state index contributed by atoms with van der Waals surface area (Å²) in [5.41, 5.74) is 0.469. The van der Waals surface area contributed by atoms with Gasteiger partial charge in [-0.25, -0.2) is 4.39 Å². The zero-order valence-corrected chi connectivity index (χ0v) is 14.0. The molecule has 0 unspecified atom stereocenters. The predicted octanol–water partition coefficient (Wildman–Crippen LogP) is 3.72. The molecular weight excluding hydrogens is 335 g/mol. The van der Waals surface area contributed by atoms with Gasteiger partial charge in [-0.05, 0) is 23.8 Å². The molecule has 0 aliphatic heterocycles. The van der Waals surface area contributed by atoms with E-state index in [9.17, 15) is 9.18 Å². The van der Waals surface area contributed by atoms with E-state index in [2.05, 4.69) is 14.7 Å². The zero-order chi connectivity index (χ0) is 16.8. The summed E-state index contributed by atoms with van der Waals surface area (Å²) in [4.78, 5) is 16.3. The summed E-state index contributed by atoms with van der Waals surface area (Å²) in [5, 5.41) is 12.9. The minimum Gasteiger partial charge on any atom is -0.296 e. The first-order valence-electron chi connectivity index (χ1n) is 6.67. The average Bonchev–Trinajstić information content (AvgIpc) is 2.92. The Balaban J connectivity index is 2.10. The number of aromatic nitrogens is 2. The summed E-state index contributed by atoms with van der Waals surface area (Å²) in [6.45, 7) is 4.03. The third-order valence-electron chi connectivity index (χ3n) is 2.52. The summed E-state index contributed by atoms with van der Waals surface area (Å²) < 4.78 is 17.0. The Bertz CT molecular complexity index is 763. The second-order valence-corrected chi connectivity index (χ2v) is 7.02. The molecule has 0 aliphatic rings. The molecule has 0 bridgehead atoms. The maximum Gasteiger partial charge on any atom is 0.268 e. The topological polar surface area (TPSA) is 78.7 Å². The fourth-order valence-electron chi connectivity index (χ4n) is 1.56. The lowest BCUT2D eigenvalue weighted by Crippen LogP contribution is -2.13. The minimum absolute atomic E-state index is 0.0927. The molecule has 0 saturated carbocycles. The van der Waals surface area contributed by atoms with Gasteiger partial charge in [0.2, 0.25) is 10.3 Å². The first kappa shape index (κ1) is 17.1. The molecule has 8 heteroatoms. The van der Waals surface area contributed by atoms with E-state index in [1.165, 1.54) is 42.1 Å². The molecular formula is C15H13FN4OS2. The van der Waals surface area contributed by atoms with Gasteiger partial charge in [0.1, 0.15) is 17.5 Å². The van der Waals surface area contributed by atoms with Crippen LogP contribution >= 0.6 is 23.3 Å². The van der Waals surface area contributed by atoms with Crippen molar-refractivity contribution in [2.45, 2.75) is 24.3 Å². The number of nitrogens with zero attached hydrogens (tertiary/aromatic N) is 3. The van der Waals surface area contributed by atoms with E-state index in [1.54, 1.807) is 0 Å². The van der Waals surface area contributed by atoms with Gasteiger partial charge in [0, 0.05) is 16.8 Å². The van der Waals surface area contributed by atoms with E-state index in [-0.39, 0.29) is 11.4 Å². The fraction of sp³-hybridized carbons (Fsp3) is 0.200. The number of rotatable bonds is 5. The molecule has 23 heavy (non-hydrogen) atoms. The third-order valence-corrected chi connectivity index (χ3v) is 4.13. The largest absolute Gasteiger partial charge is 0.296 e. The third kappa shape index (κ3) is 5.16. The van der Waals surface area contributed by atoms with Crippen molar-refractivity contribution in [1.82, 2.24) is 9.36 Å². The van der Waals surface area contributed by atoms with Crippen LogP contribution in [-0.4, -0.2) is 20.5 Å². The first-order valence-corrected chi connectivity index (χ1v) is 8.32. The Kier molecular flexibility index (Phi) is 5.84. The summed E-state index contributed by atoms with van der Waals surface area (Å²) in [6.07, 6.45) is 1.39. The van der Waals surface area contributed by atoms with Crippen LogP contribution in [0.4, 0.5) is 9.52 Å². The lowest BCUT2D eigenvalue weighted by atomic mass is 10.1. The summed E-state index contributed by atoms with van der Waals surface area (Å²) in [6, 6.07) is 7.33. The van der Waals surface area contributed by atoms with Crippen LogP contribution in [0.15, 0.2) is 35.0 Å². The zero-order valence-electron chi connectivity index (χ0n) is 12.4. The molecule has 5 nitrogen and oxygen atoms in total. The molecule has 0 spiro atoms. The van der Waals surface area contributed by atoms with Crippen LogP contribution in [-0.2, 0) is 4.79 Å². The lowest BCUT2D eigenvalue weighted by molar-refractivity contribution is -0.112. The van der Waals surface area contributed by atoms with Crippen molar-refractivity contribution < 1.29 is 9.18 Å². The quantitative estimate of drug-likeness (QED) is 0.506. The van der Waals surface area contributed by atoms with Crippen molar-refractivity contribution >= 4 is 40.4 Å². The van der Waals surface area contributed by atoms with Crippen LogP contribution in [0.25, 0.3) is 6.08 Å². The van der Waals surface area contributed by atoms with Crippen LogP contribution in [0.1, 0.15) is 19.4 Å². The van der Waals surface area contributed by atoms with Crippen molar-refractivity contribution in [3.63, 3.8) is 0 Å². The molecule has 0 fully saturated rings. The van der Waals surface area contributed by atoms with Gasteiger partial charge in [0.05, 0.1) is 0 Å². The number of carbonyl (C=O) groups is 1. The Morgan fingerprint density at radius 2 is 2.13 bits per heavy atom. The van der Waals surface area contributed by atoms with Crippen LogP contribution in [0.2, 0.25) is 0 Å². The molecule has 0 atom stereocenters. The second kappa shape index (κ2) is 7.85. The number of anilines is 1. The molecule has 0 radical (unpaired) electrons. The summed E-state index contributed by atoms with van der Waals surface area (Å²) in [7, 11) is 0. The van der Waals surface area contributed by atoms with Crippen molar-refractivity contribution in [2.24, 2.45) is 0 Å². The van der Waals surface area contributed by atoms with E-state index < -0.39 is 5.91 Å². The van der Waals surface area contributed by atoms with Gasteiger partial charge in [-0.3, -0.25) is 10.1 Å². The van der Waals surface area contributed by atoms with E-state index in [0.717, 1.165) is 11.5 Å². The fourth-order valence-corrected chi connectivity index (χ4v) is 2.94. The number of amides is 1. The van der Waals surface area contributed by atoms with Gasteiger partial charge in [-0.15, -0.1) is 0 Å². The van der Waals surface area contributed by atoms with E-state index >= 15 is 0 Å². The van der Waals surface area contributed by atoms with Crippen LogP contribution < -0.4 is 5.32 Å². The minimum atomic E-state index is -0.575. The van der Waals surface area contributed by atoms with Crippen molar-refractivity contribution in [3.05, 3.63) is 41.2 Å². The highest BCUT2D eigenvalue weighted by atomic mass is 32.2. The number of nitriles is 1. The molecule has 1 N–H and O–H groups in total. The summed E-state index contributed by atoms with van der Waals surface area (Å²) in [5.74, 6) is -0.955. The van der Waals surface area contributed by atoms with Gasteiger partial charge >= 0.3 is 0 Å². The number of halogens is 1. The number of hydrogen-bond acceptors (Lipinski definition) is 6. The number of thioether (sulfide) groups is 1. The van der Waals surface area contributed by atoms with Crippen LogP contribution in [0, 0.1) is 17.1 Å². The van der Waals surface area contributed by atoms with Gasteiger partial charge in [0.25, 0.3) is 5.91 Å². The van der Waals surface area contributed by atoms with E-state index in [0.29, 0.717) is 21.1 Å². The van der Waals surface area contributed by atoms with E-state index in [4.69, 9.17) is 5.26 Å². The smallest absolute Gasteiger partial charge is 0.268 e. The number of carbonyl (C=O) groups excluding carboxylic acids is 1.